The fraction of sp³-hybridized carbons (Fsp3) is 0.429. The van der Waals surface area contributed by atoms with Gasteiger partial charge in [-0.25, -0.2) is 0 Å². The Morgan fingerprint density at radius 2 is 2.00 bits per heavy atom. The Kier molecular flexibility index (Phi) is 4.28. The zero-order chi connectivity index (χ0) is 12.9. The topological polar surface area (TPSA) is 52.9 Å². The van der Waals surface area contributed by atoms with Crippen LogP contribution in [-0.2, 0) is 10.2 Å². The van der Waals surface area contributed by atoms with Gasteiger partial charge in [0.25, 0.3) is 0 Å². The lowest BCUT2D eigenvalue weighted by Gasteiger charge is -2.22. The first-order chi connectivity index (χ1) is 7.95. The number of amides is 1. The van der Waals surface area contributed by atoms with Gasteiger partial charge >= 0.3 is 0 Å². The highest BCUT2D eigenvalue weighted by Crippen LogP contribution is 2.29. The molecule has 0 heterocycles. The summed E-state index contributed by atoms with van der Waals surface area (Å²) in [7, 11) is 0. The molecule has 0 spiro atoms. The number of rotatable bonds is 3. The molecule has 0 bridgehead atoms. The van der Waals surface area contributed by atoms with Crippen molar-refractivity contribution in [2.24, 2.45) is 0 Å². The number of carbonyl (C=O) groups is 1. The highest BCUT2D eigenvalue weighted by atomic mass is 16.1. The van der Waals surface area contributed by atoms with Crippen molar-refractivity contribution in [3.05, 3.63) is 29.8 Å². The molecule has 1 aromatic carbocycles. The molecule has 17 heavy (non-hydrogen) atoms. The van der Waals surface area contributed by atoms with Crippen LogP contribution in [0.25, 0.3) is 0 Å². The molecule has 0 atom stereocenters. The number of benzene rings is 1. The fourth-order valence-electron chi connectivity index (χ4n) is 1.63. The van der Waals surface area contributed by atoms with E-state index in [2.05, 4.69) is 26.1 Å². The van der Waals surface area contributed by atoms with Crippen LogP contribution >= 0.6 is 0 Å². The molecule has 0 saturated heterocycles. The van der Waals surface area contributed by atoms with E-state index in [-0.39, 0.29) is 24.2 Å². The van der Waals surface area contributed by atoms with Gasteiger partial charge in [-0.1, -0.05) is 39.0 Å². The van der Waals surface area contributed by atoms with Crippen LogP contribution in [0.4, 0.5) is 5.69 Å². The minimum absolute atomic E-state index is 0.0148. The van der Waals surface area contributed by atoms with Crippen molar-refractivity contribution in [2.45, 2.75) is 39.0 Å². The van der Waals surface area contributed by atoms with Gasteiger partial charge in [0, 0.05) is 18.5 Å². The number of anilines is 1. The Bertz CT molecular complexity index is 438. The smallest absolute Gasteiger partial charge is 0.225 e. The zero-order valence-corrected chi connectivity index (χ0v) is 10.6. The standard InChI is InChI=1S/C14H18N2O/c1-14(2,3)11-7-4-5-8-12(11)16-13(17)9-6-10-15/h4-5,7-8H,6,9H2,1-3H3,(H,16,17). The number of carbonyl (C=O) groups excluding carboxylic acids is 1. The van der Waals surface area contributed by atoms with Gasteiger partial charge in [0.05, 0.1) is 6.07 Å². The first-order valence-electron chi connectivity index (χ1n) is 5.71. The molecule has 1 amide bonds. The Balaban J connectivity index is 2.85. The molecular weight excluding hydrogens is 212 g/mol. The number of para-hydroxylation sites is 1. The van der Waals surface area contributed by atoms with Crippen molar-refractivity contribution >= 4 is 11.6 Å². The van der Waals surface area contributed by atoms with Crippen molar-refractivity contribution in [1.29, 1.82) is 5.26 Å². The summed E-state index contributed by atoms with van der Waals surface area (Å²) in [4.78, 5) is 11.6. The SMILES string of the molecule is CC(C)(C)c1ccccc1NC(=O)CCC#N. The quantitative estimate of drug-likeness (QED) is 0.866. The lowest BCUT2D eigenvalue weighted by Crippen LogP contribution is -2.18. The van der Waals surface area contributed by atoms with Gasteiger partial charge < -0.3 is 5.32 Å². The van der Waals surface area contributed by atoms with Crippen LogP contribution in [0.15, 0.2) is 24.3 Å². The van der Waals surface area contributed by atoms with E-state index in [4.69, 9.17) is 5.26 Å². The number of hydrogen-bond acceptors (Lipinski definition) is 2. The number of nitrogens with one attached hydrogen (secondary N) is 1. The van der Waals surface area contributed by atoms with Crippen molar-refractivity contribution in [2.75, 3.05) is 5.32 Å². The fourth-order valence-corrected chi connectivity index (χ4v) is 1.63. The van der Waals surface area contributed by atoms with E-state index in [1.54, 1.807) is 0 Å². The minimum atomic E-state index is -0.108. The lowest BCUT2D eigenvalue weighted by atomic mass is 9.86. The normalized spacial score (nSPS) is 10.7. The Labute approximate surface area is 102 Å². The second kappa shape index (κ2) is 5.49. The van der Waals surface area contributed by atoms with E-state index in [9.17, 15) is 4.79 Å². The second-order valence-corrected chi connectivity index (χ2v) is 5.00. The first kappa shape index (κ1) is 13.2. The van der Waals surface area contributed by atoms with Gasteiger partial charge in [-0.15, -0.1) is 0 Å². The molecule has 0 aliphatic heterocycles. The van der Waals surface area contributed by atoms with Gasteiger partial charge in [-0.2, -0.15) is 5.26 Å². The van der Waals surface area contributed by atoms with Gasteiger partial charge in [0.15, 0.2) is 0 Å². The van der Waals surface area contributed by atoms with Crippen LogP contribution in [0.5, 0.6) is 0 Å². The average Bonchev–Trinajstić information content (AvgIpc) is 2.25. The Morgan fingerprint density at radius 1 is 1.35 bits per heavy atom. The van der Waals surface area contributed by atoms with Crippen molar-refractivity contribution in [3.8, 4) is 6.07 Å². The maximum atomic E-state index is 11.6. The highest BCUT2D eigenvalue weighted by molar-refractivity contribution is 5.91. The molecule has 0 aliphatic carbocycles. The van der Waals surface area contributed by atoms with Crippen molar-refractivity contribution in [1.82, 2.24) is 0 Å². The van der Waals surface area contributed by atoms with Crippen LogP contribution in [0.3, 0.4) is 0 Å². The Hall–Kier alpha value is -1.82. The molecule has 1 N–H and O–H groups in total. The summed E-state index contributed by atoms with van der Waals surface area (Å²) in [6, 6.07) is 9.74. The van der Waals surface area contributed by atoms with Crippen molar-refractivity contribution < 1.29 is 4.79 Å². The molecule has 0 aliphatic rings. The molecule has 0 aromatic heterocycles. The molecular formula is C14H18N2O. The summed E-state index contributed by atoms with van der Waals surface area (Å²) in [5.41, 5.74) is 1.92. The maximum Gasteiger partial charge on any atom is 0.225 e. The monoisotopic (exact) mass is 230 g/mol. The van der Waals surface area contributed by atoms with Crippen LogP contribution in [-0.4, -0.2) is 5.91 Å². The molecule has 0 fully saturated rings. The predicted octanol–water partition coefficient (Wildman–Crippen LogP) is 3.23. The highest BCUT2D eigenvalue weighted by Gasteiger charge is 2.18. The van der Waals surface area contributed by atoms with Gasteiger partial charge in [-0.3, -0.25) is 4.79 Å². The van der Waals surface area contributed by atoms with E-state index in [0.29, 0.717) is 0 Å². The Morgan fingerprint density at radius 3 is 2.59 bits per heavy atom. The van der Waals surface area contributed by atoms with Crippen LogP contribution < -0.4 is 5.32 Å². The summed E-state index contributed by atoms with van der Waals surface area (Å²) in [6.07, 6.45) is 0.499. The van der Waals surface area contributed by atoms with E-state index < -0.39 is 0 Å². The van der Waals surface area contributed by atoms with E-state index in [1.165, 1.54) is 0 Å². The molecule has 3 heteroatoms. The summed E-state index contributed by atoms with van der Waals surface area (Å²) in [5, 5.41) is 11.3. The third-order valence-corrected chi connectivity index (χ3v) is 2.47. The average molecular weight is 230 g/mol. The van der Waals surface area contributed by atoms with Crippen molar-refractivity contribution in [3.63, 3.8) is 0 Å². The van der Waals surface area contributed by atoms with Crippen LogP contribution in [0, 0.1) is 11.3 Å². The molecule has 1 rings (SSSR count). The first-order valence-corrected chi connectivity index (χ1v) is 5.71. The summed E-state index contributed by atoms with van der Waals surface area (Å²) in [5.74, 6) is -0.108. The summed E-state index contributed by atoms with van der Waals surface area (Å²) >= 11 is 0. The molecule has 1 aromatic rings. The molecule has 0 unspecified atom stereocenters. The third-order valence-electron chi connectivity index (χ3n) is 2.47. The minimum Gasteiger partial charge on any atom is -0.326 e. The summed E-state index contributed by atoms with van der Waals surface area (Å²) in [6.45, 7) is 6.31. The predicted molar refractivity (Wildman–Crippen MR) is 68.6 cm³/mol. The van der Waals surface area contributed by atoms with Gasteiger partial charge in [0.2, 0.25) is 5.91 Å². The maximum absolute atomic E-state index is 11.6. The van der Waals surface area contributed by atoms with Crippen LogP contribution in [0.2, 0.25) is 0 Å². The zero-order valence-electron chi connectivity index (χ0n) is 10.6. The molecule has 90 valence electrons. The largest absolute Gasteiger partial charge is 0.326 e. The van der Waals surface area contributed by atoms with E-state index in [0.717, 1.165) is 11.3 Å². The molecule has 0 saturated carbocycles. The summed E-state index contributed by atoms with van der Waals surface area (Å²) < 4.78 is 0. The molecule has 0 radical (unpaired) electrons. The van der Waals surface area contributed by atoms with Gasteiger partial charge in [-0.05, 0) is 17.0 Å². The van der Waals surface area contributed by atoms with Crippen LogP contribution in [0.1, 0.15) is 39.2 Å². The second-order valence-electron chi connectivity index (χ2n) is 5.00. The van der Waals surface area contributed by atoms with E-state index >= 15 is 0 Å². The lowest BCUT2D eigenvalue weighted by molar-refractivity contribution is -0.116. The molecule has 3 nitrogen and oxygen atoms in total. The van der Waals surface area contributed by atoms with Gasteiger partial charge in [0.1, 0.15) is 0 Å². The third kappa shape index (κ3) is 3.92. The van der Waals surface area contributed by atoms with E-state index in [1.807, 2.05) is 30.3 Å². The number of nitrogens with zero attached hydrogens (tertiary/aromatic N) is 1. The number of hydrogen-bond donors (Lipinski definition) is 1. The number of nitriles is 1.